The molecule has 1 saturated heterocycles. The first kappa shape index (κ1) is 18.0. The molecule has 0 spiro atoms. The Hall–Kier alpha value is -1.30. The standard InChI is InChI=1S/C18H31N3O2/c1-20(2)12-13-23-18-15(6-4-8-17(18)22-3)14-21-10-5-7-16(19)9-11-21/h4,6,8,16H,5,7,9-14,19H2,1-3H3/t16-/m0/s1. The third-order valence-electron chi connectivity index (χ3n) is 4.32. The van der Waals surface area contributed by atoms with Crippen LogP contribution in [0.2, 0.25) is 0 Å². The summed E-state index contributed by atoms with van der Waals surface area (Å²) in [7, 11) is 5.79. The van der Waals surface area contributed by atoms with Crippen molar-refractivity contribution in [3.63, 3.8) is 0 Å². The number of nitrogens with zero attached hydrogens (tertiary/aromatic N) is 2. The largest absolute Gasteiger partial charge is 0.493 e. The number of nitrogens with two attached hydrogens (primary N) is 1. The number of hydrogen-bond donors (Lipinski definition) is 1. The maximum Gasteiger partial charge on any atom is 0.165 e. The zero-order valence-electron chi connectivity index (χ0n) is 14.8. The molecule has 1 aliphatic heterocycles. The van der Waals surface area contributed by atoms with E-state index < -0.39 is 0 Å². The van der Waals surface area contributed by atoms with E-state index in [0.717, 1.165) is 50.5 Å². The summed E-state index contributed by atoms with van der Waals surface area (Å²) < 4.78 is 11.5. The van der Waals surface area contributed by atoms with Crippen LogP contribution in [0.5, 0.6) is 11.5 Å². The summed E-state index contributed by atoms with van der Waals surface area (Å²) in [6.45, 7) is 4.58. The van der Waals surface area contributed by atoms with Crippen molar-refractivity contribution in [1.29, 1.82) is 0 Å². The Kier molecular flexibility index (Phi) is 7.15. The third kappa shape index (κ3) is 5.68. The average Bonchev–Trinajstić information content (AvgIpc) is 2.73. The topological polar surface area (TPSA) is 51.0 Å². The first-order valence-corrected chi connectivity index (χ1v) is 8.51. The first-order valence-electron chi connectivity index (χ1n) is 8.51. The number of hydrogen-bond acceptors (Lipinski definition) is 5. The van der Waals surface area contributed by atoms with Gasteiger partial charge in [0.25, 0.3) is 0 Å². The summed E-state index contributed by atoms with van der Waals surface area (Å²) in [6, 6.07) is 6.49. The lowest BCUT2D eigenvalue weighted by Gasteiger charge is -2.23. The van der Waals surface area contributed by atoms with E-state index in [2.05, 4.69) is 15.9 Å². The molecule has 2 N–H and O–H groups in total. The number of likely N-dealkylation sites (N-methyl/N-ethyl adjacent to an activating group) is 1. The molecule has 2 rings (SSSR count). The van der Waals surface area contributed by atoms with Crippen LogP contribution < -0.4 is 15.2 Å². The van der Waals surface area contributed by atoms with E-state index >= 15 is 0 Å². The van der Waals surface area contributed by atoms with Gasteiger partial charge in [0.1, 0.15) is 6.61 Å². The van der Waals surface area contributed by atoms with Crippen molar-refractivity contribution in [2.24, 2.45) is 5.73 Å². The normalized spacial score (nSPS) is 19.6. The Morgan fingerprint density at radius 3 is 2.83 bits per heavy atom. The van der Waals surface area contributed by atoms with Crippen molar-refractivity contribution in [1.82, 2.24) is 9.80 Å². The maximum absolute atomic E-state index is 6.08. The molecule has 1 aliphatic rings. The van der Waals surface area contributed by atoms with Gasteiger partial charge in [0.05, 0.1) is 7.11 Å². The van der Waals surface area contributed by atoms with Crippen molar-refractivity contribution in [3.8, 4) is 11.5 Å². The lowest BCUT2D eigenvalue weighted by molar-refractivity contribution is 0.236. The molecule has 0 aromatic heterocycles. The minimum absolute atomic E-state index is 0.348. The van der Waals surface area contributed by atoms with E-state index in [1.54, 1.807) is 7.11 Å². The van der Waals surface area contributed by atoms with Crippen LogP contribution >= 0.6 is 0 Å². The van der Waals surface area contributed by atoms with Gasteiger partial charge >= 0.3 is 0 Å². The molecule has 5 nitrogen and oxygen atoms in total. The van der Waals surface area contributed by atoms with E-state index in [1.807, 2.05) is 26.2 Å². The molecule has 0 bridgehead atoms. The molecule has 1 aromatic rings. The second-order valence-electron chi connectivity index (χ2n) is 6.57. The Labute approximate surface area is 140 Å². The minimum atomic E-state index is 0.348. The van der Waals surface area contributed by atoms with Crippen LogP contribution in [0.1, 0.15) is 24.8 Å². The summed E-state index contributed by atoms with van der Waals surface area (Å²) in [5.41, 5.74) is 7.28. The van der Waals surface area contributed by atoms with Gasteiger partial charge in [-0.15, -0.1) is 0 Å². The highest BCUT2D eigenvalue weighted by atomic mass is 16.5. The summed E-state index contributed by atoms with van der Waals surface area (Å²) >= 11 is 0. The number of benzene rings is 1. The molecule has 1 heterocycles. The van der Waals surface area contributed by atoms with Crippen LogP contribution in [0.15, 0.2) is 18.2 Å². The molecule has 5 heteroatoms. The molecular formula is C18H31N3O2. The molecule has 0 amide bonds. The van der Waals surface area contributed by atoms with E-state index in [0.29, 0.717) is 12.6 Å². The maximum atomic E-state index is 6.08. The van der Waals surface area contributed by atoms with Gasteiger partial charge in [-0.1, -0.05) is 12.1 Å². The Morgan fingerprint density at radius 1 is 1.26 bits per heavy atom. The fourth-order valence-electron chi connectivity index (χ4n) is 2.92. The fraction of sp³-hybridized carbons (Fsp3) is 0.667. The number of para-hydroxylation sites is 1. The fourth-order valence-corrected chi connectivity index (χ4v) is 2.92. The Morgan fingerprint density at radius 2 is 2.09 bits per heavy atom. The highest BCUT2D eigenvalue weighted by Crippen LogP contribution is 2.32. The van der Waals surface area contributed by atoms with Crippen molar-refractivity contribution < 1.29 is 9.47 Å². The Bertz CT molecular complexity index is 479. The lowest BCUT2D eigenvalue weighted by Crippen LogP contribution is -2.26. The molecule has 23 heavy (non-hydrogen) atoms. The highest BCUT2D eigenvalue weighted by molar-refractivity contribution is 5.46. The Balaban J connectivity index is 2.07. The van der Waals surface area contributed by atoms with E-state index in [4.69, 9.17) is 15.2 Å². The van der Waals surface area contributed by atoms with E-state index in [1.165, 1.54) is 12.0 Å². The van der Waals surface area contributed by atoms with E-state index in [-0.39, 0.29) is 0 Å². The van der Waals surface area contributed by atoms with Crippen LogP contribution in [0, 0.1) is 0 Å². The predicted octanol–water partition coefficient (Wildman–Crippen LogP) is 1.95. The second kappa shape index (κ2) is 9.11. The zero-order chi connectivity index (χ0) is 16.7. The smallest absolute Gasteiger partial charge is 0.165 e. The van der Waals surface area contributed by atoms with Gasteiger partial charge in [-0.2, -0.15) is 0 Å². The average molecular weight is 321 g/mol. The van der Waals surface area contributed by atoms with Crippen molar-refractivity contribution in [2.75, 3.05) is 47.4 Å². The third-order valence-corrected chi connectivity index (χ3v) is 4.32. The van der Waals surface area contributed by atoms with Gasteiger partial charge in [-0.05, 0) is 52.5 Å². The van der Waals surface area contributed by atoms with Crippen molar-refractivity contribution in [3.05, 3.63) is 23.8 Å². The van der Waals surface area contributed by atoms with Crippen LogP contribution in [0.3, 0.4) is 0 Å². The number of ether oxygens (including phenoxy) is 2. The lowest BCUT2D eigenvalue weighted by atomic mass is 10.1. The quantitative estimate of drug-likeness (QED) is 0.832. The number of likely N-dealkylation sites (tertiary alicyclic amines) is 1. The molecule has 1 fully saturated rings. The zero-order valence-corrected chi connectivity index (χ0v) is 14.8. The molecule has 0 unspecified atom stereocenters. The summed E-state index contributed by atoms with van der Waals surface area (Å²) in [5.74, 6) is 1.69. The number of rotatable bonds is 7. The molecule has 0 saturated carbocycles. The van der Waals surface area contributed by atoms with E-state index in [9.17, 15) is 0 Å². The predicted molar refractivity (Wildman–Crippen MR) is 94.1 cm³/mol. The van der Waals surface area contributed by atoms with Crippen LogP contribution in [-0.2, 0) is 6.54 Å². The monoisotopic (exact) mass is 321 g/mol. The van der Waals surface area contributed by atoms with Crippen LogP contribution in [0.4, 0.5) is 0 Å². The highest BCUT2D eigenvalue weighted by Gasteiger charge is 2.17. The second-order valence-corrected chi connectivity index (χ2v) is 6.57. The molecular weight excluding hydrogens is 290 g/mol. The molecule has 130 valence electrons. The molecule has 1 aromatic carbocycles. The van der Waals surface area contributed by atoms with Crippen molar-refractivity contribution in [2.45, 2.75) is 31.8 Å². The van der Waals surface area contributed by atoms with Gasteiger partial charge in [0, 0.05) is 24.7 Å². The summed E-state index contributed by atoms with van der Waals surface area (Å²) in [4.78, 5) is 4.59. The van der Waals surface area contributed by atoms with Gasteiger partial charge in [-0.25, -0.2) is 0 Å². The first-order chi connectivity index (χ1) is 11.1. The summed E-state index contributed by atoms with van der Waals surface area (Å²) in [6.07, 6.45) is 3.36. The van der Waals surface area contributed by atoms with Crippen LogP contribution in [0.25, 0.3) is 0 Å². The van der Waals surface area contributed by atoms with Gasteiger partial charge in [0.15, 0.2) is 11.5 Å². The van der Waals surface area contributed by atoms with Gasteiger partial charge < -0.3 is 20.1 Å². The molecule has 0 radical (unpaired) electrons. The molecule has 0 aliphatic carbocycles. The molecule has 1 atom stereocenters. The number of methoxy groups -OCH3 is 1. The SMILES string of the molecule is COc1cccc(CN2CCC[C@H](N)CC2)c1OCCN(C)C. The van der Waals surface area contributed by atoms with Gasteiger partial charge in [0.2, 0.25) is 0 Å². The van der Waals surface area contributed by atoms with Gasteiger partial charge in [-0.3, -0.25) is 4.90 Å². The minimum Gasteiger partial charge on any atom is -0.493 e. The summed E-state index contributed by atoms with van der Waals surface area (Å²) in [5, 5.41) is 0. The van der Waals surface area contributed by atoms with Crippen molar-refractivity contribution >= 4 is 0 Å². The van der Waals surface area contributed by atoms with Crippen LogP contribution in [-0.4, -0.2) is 63.3 Å².